The first-order valence-electron chi connectivity index (χ1n) is 10.1. The zero-order chi connectivity index (χ0) is 21.3. The fourth-order valence-corrected chi connectivity index (χ4v) is 3.11. The van der Waals surface area contributed by atoms with E-state index in [0.717, 1.165) is 56.0 Å². The van der Waals surface area contributed by atoms with Crippen molar-refractivity contribution >= 4 is 17.8 Å². The lowest BCUT2D eigenvalue weighted by Crippen LogP contribution is -2.25. The molecule has 0 bridgehead atoms. The fourth-order valence-electron chi connectivity index (χ4n) is 3.11. The van der Waals surface area contributed by atoms with E-state index in [1.54, 1.807) is 18.3 Å². The smallest absolute Gasteiger partial charge is 0.382 e. The van der Waals surface area contributed by atoms with Gasteiger partial charge in [-0.25, -0.2) is 0 Å². The number of nitrogens with one attached hydrogen (secondary N) is 1. The molecule has 1 atom stereocenters. The number of rotatable bonds is 10. The Hall–Kier alpha value is -2.34. The van der Waals surface area contributed by atoms with Crippen molar-refractivity contribution in [1.29, 1.82) is 0 Å². The first-order chi connectivity index (χ1) is 13.8. The summed E-state index contributed by atoms with van der Waals surface area (Å²) in [4.78, 5) is 6.73. The predicted octanol–water partition coefficient (Wildman–Crippen LogP) is 6.19. The molecule has 0 saturated carbocycles. The van der Waals surface area contributed by atoms with E-state index in [0.29, 0.717) is 11.6 Å². The van der Waals surface area contributed by atoms with E-state index in [1.165, 1.54) is 12.1 Å². The first kappa shape index (κ1) is 22.9. The Morgan fingerprint density at radius 1 is 1.07 bits per heavy atom. The Kier molecular flexibility index (Phi) is 8.70. The second kappa shape index (κ2) is 11.0. The van der Waals surface area contributed by atoms with E-state index < -0.39 is 11.7 Å². The Morgan fingerprint density at radius 3 is 2.38 bits per heavy atom. The summed E-state index contributed by atoms with van der Waals surface area (Å²) in [6.45, 7) is 9.80. The molecule has 0 aliphatic heterocycles. The highest BCUT2D eigenvalue weighted by molar-refractivity contribution is 5.69. The van der Waals surface area contributed by atoms with Crippen LogP contribution in [0.4, 0.5) is 18.9 Å². The van der Waals surface area contributed by atoms with E-state index in [4.69, 9.17) is 0 Å². The van der Waals surface area contributed by atoms with E-state index in [-0.39, 0.29) is 0 Å². The van der Waals surface area contributed by atoms with Crippen LogP contribution in [0.25, 0.3) is 12.2 Å². The van der Waals surface area contributed by atoms with Crippen LogP contribution in [0.15, 0.2) is 42.6 Å². The summed E-state index contributed by atoms with van der Waals surface area (Å²) in [6, 6.07) is 9.31. The summed E-state index contributed by atoms with van der Waals surface area (Å²) in [6.07, 6.45) is 3.21. The van der Waals surface area contributed by atoms with E-state index in [2.05, 4.69) is 36.0 Å². The third-order valence-corrected chi connectivity index (χ3v) is 4.88. The van der Waals surface area contributed by atoms with Crippen LogP contribution in [0, 0.1) is 0 Å². The van der Waals surface area contributed by atoms with Crippen LogP contribution in [-0.2, 0) is 6.18 Å². The first-order valence-corrected chi connectivity index (χ1v) is 10.1. The van der Waals surface area contributed by atoms with E-state index in [1.807, 2.05) is 12.1 Å². The van der Waals surface area contributed by atoms with Crippen LogP contribution < -0.4 is 5.32 Å². The van der Waals surface area contributed by atoms with Gasteiger partial charge in [0.1, 0.15) is 0 Å². The molecule has 1 aromatic carbocycles. The Bertz CT molecular complexity index is 766. The normalized spacial score (nSPS) is 13.2. The molecule has 0 aliphatic rings. The number of alkyl halides is 3. The minimum absolute atomic E-state index is 0.347. The molecule has 3 nitrogen and oxygen atoms in total. The number of pyridine rings is 1. The molecule has 2 rings (SSSR count). The van der Waals surface area contributed by atoms with Crippen LogP contribution in [0.1, 0.15) is 50.4 Å². The van der Waals surface area contributed by atoms with Crippen molar-refractivity contribution in [2.45, 2.75) is 45.8 Å². The maximum absolute atomic E-state index is 12.6. The number of benzene rings is 1. The van der Waals surface area contributed by atoms with Crippen molar-refractivity contribution in [1.82, 2.24) is 9.88 Å². The summed E-state index contributed by atoms with van der Waals surface area (Å²) in [7, 11) is 0. The molecular weight excluding hydrogens is 375 g/mol. The minimum atomic E-state index is -4.31. The molecule has 0 radical (unpaired) electrons. The van der Waals surface area contributed by atoms with Crippen LogP contribution in [0.5, 0.6) is 0 Å². The van der Waals surface area contributed by atoms with Gasteiger partial charge in [-0.3, -0.25) is 4.98 Å². The van der Waals surface area contributed by atoms with E-state index in [9.17, 15) is 13.2 Å². The molecule has 1 N–H and O–H groups in total. The van der Waals surface area contributed by atoms with Gasteiger partial charge in [-0.15, -0.1) is 0 Å². The summed E-state index contributed by atoms with van der Waals surface area (Å²) < 4.78 is 37.9. The number of nitrogens with zero attached hydrogens (tertiary/aromatic N) is 2. The van der Waals surface area contributed by atoms with Gasteiger partial charge in [-0.2, -0.15) is 13.2 Å². The van der Waals surface area contributed by atoms with Gasteiger partial charge in [-0.1, -0.05) is 32.1 Å². The number of hydrogen-bond donors (Lipinski definition) is 1. The van der Waals surface area contributed by atoms with Crippen molar-refractivity contribution in [2.24, 2.45) is 0 Å². The Morgan fingerprint density at radius 2 is 1.76 bits per heavy atom. The molecule has 158 valence electrons. The van der Waals surface area contributed by atoms with Gasteiger partial charge in [0.25, 0.3) is 0 Å². The maximum Gasteiger partial charge on any atom is 0.416 e. The Labute approximate surface area is 171 Å². The maximum atomic E-state index is 12.6. The standard InChI is InChI=1S/C23H30F3N3/c1-4-29(5-2)16-6-7-18(3)28-22-14-15-27-21(17-22)13-10-19-8-11-20(12-9-19)23(24,25)26/h8-15,17-18H,4-7,16H2,1-3H3,(H,27,28)/b13-10+. The van der Waals surface area contributed by atoms with Gasteiger partial charge < -0.3 is 10.2 Å². The van der Waals surface area contributed by atoms with Gasteiger partial charge in [0.05, 0.1) is 11.3 Å². The molecule has 29 heavy (non-hydrogen) atoms. The molecule has 1 heterocycles. The second-order valence-electron chi connectivity index (χ2n) is 7.14. The Balaban J connectivity index is 1.91. The molecule has 1 aromatic heterocycles. The van der Waals surface area contributed by atoms with Gasteiger partial charge >= 0.3 is 6.18 Å². The SMILES string of the molecule is CCN(CC)CCCC(C)Nc1ccnc(/C=C/c2ccc(C(F)(F)F)cc2)c1. The second-order valence-corrected chi connectivity index (χ2v) is 7.14. The summed E-state index contributed by atoms with van der Waals surface area (Å²) in [5.41, 5.74) is 1.80. The zero-order valence-corrected chi connectivity index (χ0v) is 17.3. The highest BCUT2D eigenvalue weighted by Crippen LogP contribution is 2.29. The van der Waals surface area contributed by atoms with E-state index >= 15 is 0 Å². The average Bonchev–Trinajstić information content (AvgIpc) is 2.69. The summed E-state index contributed by atoms with van der Waals surface area (Å²) >= 11 is 0. The largest absolute Gasteiger partial charge is 0.416 e. The lowest BCUT2D eigenvalue weighted by molar-refractivity contribution is -0.137. The van der Waals surface area contributed by atoms with Crippen LogP contribution in [-0.4, -0.2) is 35.6 Å². The molecule has 0 spiro atoms. The lowest BCUT2D eigenvalue weighted by atomic mass is 10.1. The monoisotopic (exact) mass is 405 g/mol. The lowest BCUT2D eigenvalue weighted by Gasteiger charge is -2.20. The van der Waals surface area contributed by atoms with Crippen molar-refractivity contribution in [2.75, 3.05) is 25.0 Å². The van der Waals surface area contributed by atoms with Crippen LogP contribution in [0.3, 0.4) is 0 Å². The number of hydrogen-bond acceptors (Lipinski definition) is 3. The molecule has 2 aromatic rings. The molecule has 0 fully saturated rings. The van der Waals surface area contributed by atoms with Gasteiger partial charge in [0.15, 0.2) is 0 Å². The molecule has 0 aliphatic carbocycles. The van der Waals surface area contributed by atoms with Crippen molar-refractivity contribution in [3.63, 3.8) is 0 Å². The fraction of sp³-hybridized carbons (Fsp3) is 0.435. The molecule has 1 unspecified atom stereocenters. The van der Waals surface area contributed by atoms with Crippen molar-refractivity contribution in [3.8, 4) is 0 Å². The topological polar surface area (TPSA) is 28.2 Å². The third-order valence-electron chi connectivity index (χ3n) is 4.88. The molecule has 0 saturated heterocycles. The van der Waals surface area contributed by atoms with Crippen molar-refractivity contribution in [3.05, 3.63) is 59.4 Å². The quantitative estimate of drug-likeness (QED) is 0.511. The summed E-state index contributed by atoms with van der Waals surface area (Å²) in [5, 5.41) is 3.50. The predicted molar refractivity (Wildman–Crippen MR) is 115 cm³/mol. The number of anilines is 1. The molecular formula is C23H30F3N3. The average molecular weight is 406 g/mol. The summed E-state index contributed by atoms with van der Waals surface area (Å²) in [5.74, 6) is 0. The van der Waals surface area contributed by atoms with Gasteiger partial charge in [0, 0.05) is 17.9 Å². The van der Waals surface area contributed by atoms with Crippen LogP contribution in [0.2, 0.25) is 0 Å². The van der Waals surface area contributed by atoms with Gasteiger partial charge in [0.2, 0.25) is 0 Å². The third kappa shape index (κ3) is 7.89. The highest BCUT2D eigenvalue weighted by Gasteiger charge is 2.29. The number of aromatic nitrogens is 1. The minimum Gasteiger partial charge on any atom is -0.382 e. The number of halogens is 3. The molecule has 0 amide bonds. The van der Waals surface area contributed by atoms with Gasteiger partial charge in [-0.05, 0) is 75.3 Å². The highest BCUT2D eigenvalue weighted by atomic mass is 19.4. The van der Waals surface area contributed by atoms with Crippen molar-refractivity contribution < 1.29 is 13.2 Å². The zero-order valence-electron chi connectivity index (χ0n) is 17.3. The van der Waals surface area contributed by atoms with Crippen LogP contribution >= 0.6 is 0 Å². The molecule has 6 heteroatoms.